The molecule has 0 saturated heterocycles. The van der Waals surface area contributed by atoms with E-state index in [1.165, 1.54) is 38.2 Å². The molecule has 0 unspecified atom stereocenters. The fourth-order valence-electron chi connectivity index (χ4n) is 2.05. The van der Waals surface area contributed by atoms with Crippen molar-refractivity contribution in [1.29, 1.82) is 0 Å². The number of carbonyl (C=O) groups excluding carboxylic acids is 1. The fraction of sp³-hybridized carbons (Fsp3) is 0.533. The zero-order chi connectivity index (χ0) is 16.9. The van der Waals surface area contributed by atoms with Gasteiger partial charge < -0.3 is 14.8 Å². The molecule has 1 aromatic carbocycles. The smallest absolute Gasteiger partial charge is 0.255 e. The quantitative estimate of drug-likeness (QED) is 0.648. The molecular weight excluding hydrogens is 320 g/mol. The molecule has 0 spiro atoms. The topological polar surface area (TPSA) is 108 Å². The lowest BCUT2D eigenvalue weighted by Crippen LogP contribution is -2.26. The minimum Gasteiger partial charge on any atom is -0.496 e. The maximum absolute atomic E-state index is 12.2. The molecule has 1 amide bonds. The summed E-state index contributed by atoms with van der Waals surface area (Å²) in [5.74, 6) is 0.601. The number of primary sulfonamides is 1. The first kappa shape index (κ1) is 17.7. The highest BCUT2D eigenvalue weighted by atomic mass is 32.2. The summed E-state index contributed by atoms with van der Waals surface area (Å²) in [6.45, 7) is 1.82. The Balaban J connectivity index is 1.88. The molecule has 0 bridgehead atoms. The molecule has 128 valence electrons. The Morgan fingerprint density at radius 3 is 2.74 bits per heavy atom. The second kappa shape index (κ2) is 7.76. The monoisotopic (exact) mass is 342 g/mol. The standard InChI is InChI=1S/C15H22N2O5S/c1-21-14-6-5-12(23(16,19)20)9-13(14)15(18)17-7-2-8-22-10-11-3-4-11/h5-6,9,11H,2-4,7-8,10H2,1H3,(H,17,18)(H2,16,19,20). The maximum atomic E-state index is 12.2. The van der Waals surface area contributed by atoms with E-state index in [1.807, 2.05) is 0 Å². The van der Waals surface area contributed by atoms with Crippen LogP contribution in [0.4, 0.5) is 0 Å². The molecule has 1 saturated carbocycles. The van der Waals surface area contributed by atoms with Crippen LogP contribution < -0.4 is 15.2 Å². The summed E-state index contributed by atoms with van der Waals surface area (Å²) in [5, 5.41) is 7.81. The number of carbonyl (C=O) groups is 1. The zero-order valence-electron chi connectivity index (χ0n) is 13.1. The van der Waals surface area contributed by atoms with Gasteiger partial charge >= 0.3 is 0 Å². The van der Waals surface area contributed by atoms with E-state index in [1.54, 1.807) is 0 Å². The zero-order valence-corrected chi connectivity index (χ0v) is 13.9. The van der Waals surface area contributed by atoms with E-state index in [2.05, 4.69) is 5.32 Å². The number of nitrogens with one attached hydrogen (secondary N) is 1. The van der Waals surface area contributed by atoms with E-state index >= 15 is 0 Å². The van der Waals surface area contributed by atoms with Crippen LogP contribution in [-0.4, -0.2) is 41.2 Å². The molecule has 7 nitrogen and oxygen atoms in total. The van der Waals surface area contributed by atoms with E-state index in [0.29, 0.717) is 25.3 Å². The summed E-state index contributed by atoms with van der Waals surface area (Å²) in [5.41, 5.74) is 0.137. The summed E-state index contributed by atoms with van der Waals surface area (Å²) in [4.78, 5) is 12.1. The van der Waals surface area contributed by atoms with E-state index < -0.39 is 15.9 Å². The van der Waals surface area contributed by atoms with Gasteiger partial charge in [0.1, 0.15) is 5.75 Å². The number of nitrogens with two attached hydrogens (primary N) is 1. The second-order valence-electron chi connectivity index (χ2n) is 5.53. The van der Waals surface area contributed by atoms with Crippen molar-refractivity contribution >= 4 is 15.9 Å². The SMILES string of the molecule is COc1ccc(S(N)(=O)=O)cc1C(=O)NCCCOCC1CC1. The maximum Gasteiger partial charge on any atom is 0.255 e. The van der Waals surface area contributed by atoms with Gasteiger partial charge in [0.15, 0.2) is 0 Å². The minimum absolute atomic E-state index is 0.129. The van der Waals surface area contributed by atoms with Crippen molar-refractivity contribution < 1.29 is 22.7 Å². The summed E-state index contributed by atoms with van der Waals surface area (Å²) in [7, 11) is -2.46. The number of sulfonamides is 1. The highest BCUT2D eigenvalue weighted by Gasteiger charge is 2.21. The van der Waals surface area contributed by atoms with Gasteiger partial charge in [-0.3, -0.25) is 4.79 Å². The van der Waals surface area contributed by atoms with Gasteiger partial charge in [0.25, 0.3) is 5.91 Å². The molecule has 0 heterocycles. The van der Waals surface area contributed by atoms with Crippen molar-refractivity contribution in [1.82, 2.24) is 5.32 Å². The molecule has 3 N–H and O–H groups in total. The first-order valence-electron chi connectivity index (χ1n) is 7.48. The van der Waals surface area contributed by atoms with E-state index in [4.69, 9.17) is 14.6 Å². The van der Waals surface area contributed by atoms with Crippen molar-refractivity contribution in [2.24, 2.45) is 11.1 Å². The molecule has 0 aliphatic heterocycles. The molecule has 0 aromatic heterocycles. The fourth-order valence-corrected chi connectivity index (χ4v) is 2.59. The third-order valence-corrected chi connectivity index (χ3v) is 4.46. The number of hydrogen-bond donors (Lipinski definition) is 2. The third kappa shape index (κ3) is 5.49. The number of hydrogen-bond acceptors (Lipinski definition) is 5. The molecule has 8 heteroatoms. The summed E-state index contributed by atoms with van der Waals surface area (Å²) >= 11 is 0. The van der Waals surface area contributed by atoms with Crippen LogP contribution >= 0.6 is 0 Å². The lowest BCUT2D eigenvalue weighted by molar-refractivity contribution is 0.0934. The average molecular weight is 342 g/mol. The molecular formula is C15H22N2O5S. The first-order chi connectivity index (χ1) is 10.9. The predicted octanol–water partition coefficient (Wildman–Crippen LogP) is 0.889. The van der Waals surface area contributed by atoms with E-state index in [-0.39, 0.29) is 10.5 Å². The number of ether oxygens (including phenoxy) is 2. The predicted molar refractivity (Wildman–Crippen MR) is 84.9 cm³/mol. The Morgan fingerprint density at radius 2 is 2.13 bits per heavy atom. The Morgan fingerprint density at radius 1 is 1.39 bits per heavy atom. The number of methoxy groups -OCH3 is 1. The van der Waals surface area contributed by atoms with Crippen molar-refractivity contribution in [2.75, 3.05) is 26.9 Å². The normalized spacial score (nSPS) is 14.5. The Labute approximate surface area is 136 Å². The van der Waals surface area contributed by atoms with E-state index in [9.17, 15) is 13.2 Å². The van der Waals surface area contributed by atoms with Gasteiger partial charge in [-0.15, -0.1) is 0 Å². The van der Waals surface area contributed by atoms with Gasteiger partial charge in [-0.05, 0) is 43.4 Å². The van der Waals surface area contributed by atoms with Gasteiger partial charge in [-0.25, -0.2) is 13.6 Å². The van der Waals surface area contributed by atoms with Crippen LogP contribution in [0, 0.1) is 5.92 Å². The molecule has 1 aromatic rings. The molecule has 1 aliphatic rings. The summed E-state index contributed by atoms with van der Waals surface area (Å²) in [6.07, 6.45) is 3.18. The Kier molecular flexibility index (Phi) is 5.97. The number of amides is 1. The van der Waals surface area contributed by atoms with Gasteiger partial charge in [-0.2, -0.15) is 0 Å². The Hall–Kier alpha value is -1.64. The van der Waals surface area contributed by atoms with Crippen LogP contribution in [0.2, 0.25) is 0 Å². The van der Waals surface area contributed by atoms with Crippen LogP contribution in [0.1, 0.15) is 29.6 Å². The second-order valence-corrected chi connectivity index (χ2v) is 7.10. The van der Waals surface area contributed by atoms with Gasteiger partial charge in [0.2, 0.25) is 10.0 Å². The first-order valence-corrected chi connectivity index (χ1v) is 9.03. The Bertz CT molecular complexity index is 656. The number of rotatable bonds is 9. The highest BCUT2D eigenvalue weighted by molar-refractivity contribution is 7.89. The summed E-state index contributed by atoms with van der Waals surface area (Å²) in [6, 6.07) is 3.93. The van der Waals surface area contributed by atoms with Crippen LogP contribution in [0.25, 0.3) is 0 Å². The van der Waals surface area contributed by atoms with Gasteiger partial charge in [0.05, 0.1) is 17.6 Å². The van der Waals surface area contributed by atoms with Crippen molar-refractivity contribution in [3.8, 4) is 5.75 Å². The largest absolute Gasteiger partial charge is 0.496 e. The van der Waals surface area contributed by atoms with Gasteiger partial charge in [-0.1, -0.05) is 0 Å². The van der Waals surface area contributed by atoms with Crippen LogP contribution in [0.3, 0.4) is 0 Å². The molecule has 0 atom stereocenters. The summed E-state index contributed by atoms with van der Waals surface area (Å²) < 4.78 is 33.3. The lowest BCUT2D eigenvalue weighted by Gasteiger charge is -2.11. The van der Waals surface area contributed by atoms with E-state index in [0.717, 1.165) is 12.5 Å². The molecule has 2 rings (SSSR count). The molecule has 23 heavy (non-hydrogen) atoms. The van der Waals surface area contributed by atoms with Crippen LogP contribution in [0.15, 0.2) is 23.1 Å². The molecule has 0 radical (unpaired) electrons. The number of benzene rings is 1. The highest BCUT2D eigenvalue weighted by Crippen LogP contribution is 2.28. The van der Waals surface area contributed by atoms with Crippen LogP contribution in [0.5, 0.6) is 5.75 Å². The van der Waals surface area contributed by atoms with Crippen molar-refractivity contribution in [3.63, 3.8) is 0 Å². The third-order valence-electron chi connectivity index (χ3n) is 3.55. The van der Waals surface area contributed by atoms with Crippen LogP contribution in [-0.2, 0) is 14.8 Å². The molecule has 1 aliphatic carbocycles. The van der Waals surface area contributed by atoms with Crippen molar-refractivity contribution in [2.45, 2.75) is 24.2 Å². The molecule has 1 fully saturated rings. The van der Waals surface area contributed by atoms with Crippen molar-refractivity contribution in [3.05, 3.63) is 23.8 Å². The average Bonchev–Trinajstić information content (AvgIpc) is 3.33. The minimum atomic E-state index is -3.87. The van der Waals surface area contributed by atoms with Gasteiger partial charge in [0, 0.05) is 19.8 Å². The lowest BCUT2D eigenvalue weighted by atomic mass is 10.2.